The monoisotopic (exact) mass is 394 g/mol. The van der Waals surface area contributed by atoms with Gasteiger partial charge in [-0.25, -0.2) is 4.98 Å². The number of nitrogens with one attached hydrogen (secondary N) is 1. The SMILES string of the molecule is CCC(C)(C)c1csc(Nc2ccc(Cl)c(C(F)(F)F)c2)n1.O=CO. The van der Waals surface area contributed by atoms with Gasteiger partial charge in [0.1, 0.15) is 0 Å². The van der Waals surface area contributed by atoms with Crippen LogP contribution in [-0.4, -0.2) is 16.6 Å². The molecule has 0 radical (unpaired) electrons. The van der Waals surface area contributed by atoms with Gasteiger partial charge in [0.05, 0.1) is 16.3 Å². The predicted octanol–water partition coefficient (Wildman–Crippen LogP) is 5.95. The normalized spacial score (nSPS) is 11.5. The smallest absolute Gasteiger partial charge is 0.417 e. The highest BCUT2D eigenvalue weighted by atomic mass is 35.5. The first-order valence-corrected chi connectivity index (χ1v) is 8.48. The summed E-state index contributed by atoms with van der Waals surface area (Å²) in [6.45, 7) is 5.98. The van der Waals surface area contributed by atoms with E-state index in [9.17, 15) is 13.2 Å². The second kappa shape index (κ2) is 8.53. The third-order valence-corrected chi connectivity index (χ3v) is 4.69. The summed E-state index contributed by atoms with van der Waals surface area (Å²) in [4.78, 5) is 12.8. The lowest BCUT2D eigenvalue weighted by atomic mass is 9.87. The Morgan fingerprint density at radius 3 is 2.48 bits per heavy atom. The molecule has 0 aliphatic carbocycles. The summed E-state index contributed by atoms with van der Waals surface area (Å²) in [5.74, 6) is 0. The molecule has 1 heterocycles. The highest BCUT2D eigenvalue weighted by molar-refractivity contribution is 7.13. The van der Waals surface area contributed by atoms with Gasteiger partial charge in [0, 0.05) is 16.5 Å². The van der Waals surface area contributed by atoms with Crippen molar-refractivity contribution in [3.63, 3.8) is 0 Å². The van der Waals surface area contributed by atoms with Crippen molar-refractivity contribution in [1.82, 2.24) is 4.98 Å². The van der Waals surface area contributed by atoms with E-state index in [1.54, 1.807) is 0 Å². The topological polar surface area (TPSA) is 62.2 Å². The van der Waals surface area contributed by atoms with Crippen LogP contribution in [0.4, 0.5) is 24.0 Å². The number of carboxylic acid groups (broad SMARTS) is 1. The fourth-order valence-corrected chi connectivity index (χ4v) is 2.91. The third-order valence-electron chi connectivity index (χ3n) is 3.60. The van der Waals surface area contributed by atoms with Crippen LogP contribution in [0.3, 0.4) is 0 Å². The zero-order valence-electron chi connectivity index (χ0n) is 13.8. The number of carbonyl (C=O) groups is 1. The number of alkyl halides is 3. The van der Waals surface area contributed by atoms with E-state index in [1.165, 1.54) is 23.5 Å². The lowest BCUT2D eigenvalue weighted by Gasteiger charge is -2.19. The molecule has 2 aromatic rings. The molecule has 0 unspecified atom stereocenters. The van der Waals surface area contributed by atoms with E-state index in [-0.39, 0.29) is 16.9 Å². The molecule has 1 aromatic carbocycles. The van der Waals surface area contributed by atoms with E-state index >= 15 is 0 Å². The molecule has 0 atom stereocenters. The maximum atomic E-state index is 12.8. The molecule has 1 aromatic heterocycles. The van der Waals surface area contributed by atoms with Crippen LogP contribution in [0.5, 0.6) is 0 Å². The molecule has 0 spiro atoms. The summed E-state index contributed by atoms with van der Waals surface area (Å²) in [5, 5.41) is 12.0. The first kappa shape index (κ1) is 21.2. The lowest BCUT2D eigenvalue weighted by Crippen LogP contribution is -2.15. The van der Waals surface area contributed by atoms with Gasteiger partial charge in [-0.2, -0.15) is 13.2 Å². The molecule has 9 heteroatoms. The minimum atomic E-state index is -4.48. The van der Waals surface area contributed by atoms with E-state index in [4.69, 9.17) is 21.5 Å². The van der Waals surface area contributed by atoms with Crippen LogP contribution < -0.4 is 5.32 Å². The van der Waals surface area contributed by atoms with Gasteiger partial charge >= 0.3 is 6.18 Å². The van der Waals surface area contributed by atoms with E-state index in [0.717, 1.165) is 18.2 Å². The summed E-state index contributed by atoms with van der Waals surface area (Å²) < 4.78 is 38.5. The molecule has 0 saturated heterocycles. The summed E-state index contributed by atoms with van der Waals surface area (Å²) in [6.07, 6.45) is -3.55. The molecule has 0 bridgehead atoms. The molecule has 2 N–H and O–H groups in total. The standard InChI is InChI=1S/C15H16ClF3N2S.CH2O2/c1-4-14(2,3)12-8-22-13(21-12)20-9-5-6-11(16)10(7-9)15(17,18)19;2-1-3/h5-8H,4H2,1-3H3,(H,20,21);1H,(H,2,3). The zero-order chi connectivity index (χ0) is 19.3. The lowest BCUT2D eigenvalue weighted by molar-refractivity contribution is -0.137. The molecule has 0 amide bonds. The number of halogens is 4. The Morgan fingerprint density at radius 2 is 1.96 bits per heavy atom. The molecule has 2 rings (SSSR count). The highest BCUT2D eigenvalue weighted by Crippen LogP contribution is 2.37. The third kappa shape index (κ3) is 5.89. The van der Waals surface area contributed by atoms with Crippen molar-refractivity contribution in [3.8, 4) is 0 Å². The Balaban J connectivity index is 0.000000970. The molecule has 4 nitrogen and oxygen atoms in total. The molecular formula is C16H18ClF3N2O2S. The highest BCUT2D eigenvalue weighted by Gasteiger charge is 2.33. The Hall–Kier alpha value is -1.80. The molecule has 0 aliphatic rings. The van der Waals surface area contributed by atoms with Crippen LogP contribution in [0, 0.1) is 0 Å². The number of hydrogen-bond acceptors (Lipinski definition) is 4. The fourth-order valence-electron chi connectivity index (χ4n) is 1.77. The van der Waals surface area contributed by atoms with Crippen molar-refractivity contribution in [2.75, 3.05) is 5.32 Å². The van der Waals surface area contributed by atoms with E-state index in [2.05, 4.69) is 31.1 Å². The van der Waals surface area contributed by atoms with Crippen LogP contribution in [0.15, 0.2) is 23.6 Å². The minimum Gasteiger partial charge on any atom is -0.483 e. The minimum absolute atomic E-state index is 0.0619. The average molecular weight is 395 g/mol. The Morgan fingerprint density at radius 1 is 1.36 bits per heavy atom. The fraction of sp³-hybridized carbons (Fsp3) is 0.375. The zero-order valence-corrected chi connectivity index (χ0v) is 15.4. The summed E-state index contributed by atoms with van der Waals surface area (Å²) in [6, 6.07) is 3.73. The number of rotatable bonds is 4. The number of hydrogen-bond donors (Lipinski definition) is 2. The first-order valence-electron chi connectivity index (χ1n) is 7.22. The van der Waals surface area contributed by atoms with E-state index in [0.29, 0.717) is 10.8 Å². The summed E-state index contributed by atoms with van der Waals surface area (Å²) >= 11 is 6.97. The van der Waals surface area contributed by atoms with Gasteiger partial charge in [-0.05, 0) is 24.6 Å². The largest absolute Gasteiger partial charge is 0.483 e. The number of nitrogens with zero attached hydrogens (tertiary/aromatic N) is 1. The molecule has 0 saturated carbocycles. The number of benzene rings is 1. The molecular weight excluding hydrogens is 377 g/mol. The quantitative estimate of drug-likeness (QED) is 0.629. The van der Waals surface area contributed by atoms with Gasteiger partial charge in [0.2, 0.25) is 0 Å². The number of aromatic nitrogens is 1. The van der Waals surface area contributed by atoms with E-state index < -0.39 is 11.7 Å². The average Bonchev–Trinajstić information content (AvgIpc) is 2.98. The first-order chi connectivity index (χ1) is 11.5. The van der Waals surface area contributed by atoms with E-state index in [1.807, 2.05) is 5.38 Å². The van der Waals surface area contributed by atoms with Crippen molar-refractivity contribution in [3.05, 3.63) is 39.9 Å². The molecule has 138 valence electrons. The second-order valence-corrected chi connectivity index (χ2v) is 6.96. The van der Waals surface area contributed by atoms with Gasteiger partial charge < -0.3 is 10.4 Å². The Kier molecular flexibility index (Phi) is 7.25. The predicted molar refractivity (Wildman–Crippen MR) is 93.9 cm³/mol. The van der Waals surface area contributed by atoms with Crippen molar-refractivity contribution in [2.24, 2.45) is 0 Å². The summed E-state index contributed by atoms with van der Waals surface area (Å²) in [5.41, 5.74) is 0.317. The van der Waals surface area contributed by atoms with Gasteiger partial charge in [-0.3, -0.25) is 4.79 Å². The maximum Gasteiger partial charge on any atom is 0.417 e. The molecule has 0 fully saturated rings. The van der Waals surface area contributed by atoms with Crippen LogP contribution >= 0.6 is 22.9 Å². The Bertz CT molecular complexity index is 718. The van der Waals surface area contributed by atoms with Crippen molar-refractivity contribution in [1.29, 1.82) is 0 Å². The van der Waals surface area contributed by atoms with Crippen LogP contribution in [0.2, 0.25) is 5.02 Å². The summed E-state index contributed by atoms with van der Waals surface area (Å²) in [7, 11) is 0. The molecule has 0 aliphatic heterocycles. The van der Waals surface area contributed by atoms with Crippen LogP contribution in [0.25, 0.3) is 0 Å². The maximum absolute atomic E-state index is 12.8. The van der Waals surface area contributed by atoms with Crippen molar-refractivity contribution >= 4 is 40.2 Å². The van der Waals surface area contributed by atoms with Crippen LogP contribution in [0.1, 0.15) is 38.4 Å². The number of anilines is 2. The van der Waals surface area contributed by atoms with Gasteiger partial charge in [0.15, 0.2) is 5.13 Å². The van der Waals surface area contributed by atoms with Crippen LogP contribution in [-0.2, 0) is 16.4 Å². The Labute approximate surface area is 152 Å². The van der Waals surface area contributed by atoms with Gasteiger partial charge in [-0.15, -0.1) is 11.3 Å². The van der Waals surface area contributed by atoms with Gasteiger partial charge in [-0.1, -0.05) is 32.4 Å². The molecule has 25 heavy (non-hydrogen) atoms. The number of thiazole rings is 1. The van der Waals surface area contributed by atoms with Crippen molar-refractivity contribution in [2.45, 2.75) is 38.8 Å². The second-order valence-electron chi connectivity index (χ2n) is 5.70. The van der Waals surface area contributed by atoms with Gasteiger partial charge in [0.25, 0.3) is 6.47 Å². The van der Waals surface area contributed by atoms with Crippen molar-refractivity contribution < 1.29 is 23.1 Å².